The van der Waals surface area contributed by atoms with Crippen LogP contribution < -0.4 is 0 Å². The average molecular weight is 1090 g/mol. The van der Waals surface area contributed by atoms with Crippen LogP contribution in [0.5, 0.6) is 0 Å². The predicted molar refractivity (Wildman–Crippen MR) is 343 cm³/mol. The first-order valence-electron chi connectivity index (χ1n) is 33.8. The van der Waals surface area contributed by atoms with Crippen molar-refractivity contribution in [2.75, 3.05) is 13.2 Å². The highest BCUT2D eigenvalue weighted by Crippen LogP contribution is 2.18. The zero-order valence-corrected chi connectivity index (χ0v) is 51.7. The van der Waals surface area contributed by atoms with Gasteiger partial charge in [0.2, 0.25) is 0 Å². The second kappa shape index (κ2) is 68.1. The summed E-state index contributed by atoms with van der Waals surface area (Å²) in [6.07, 6.45) is 97.1. The minimum atomic E-state index is -0.775. The maximum atomic E-state index is 12.4. The van der Waals surface area contributed by atoms with Crippen molar-refractivity contribution in [2.24, 2.45) is 0 Å². The monoisotopic (exact) mass is 1080 g/mol. The van der Waals surface area contributed by atoms with Gasteiger partial charge >= 0.3 is 11.9 Å². The molecule has 0 rings (SSSR count). The molecule has 0 radical (unpaired) electrons. The molecule has 0 aliphatic rings. The van der Waals surface area contributed by atoms with Crippen molar-refractivity contribution in [3.8, 4) is 0 Å². The number of hydrogen-bond acceptors (Lipinski definition) is 5. The number of ether oxygens (including phenoxy) is 2. The third kappa shape index (κ3) is 65.3. The third-order valence-electron chi connectivity index (χ3n) is 14.9. The van der Waals surface area contributed by atoms with Crippen molar-refractivity contribution >= 4 is 11.9 Å². The summed E-state index contributed by atoms with van der Waals surface area (Å²) in [7, 11) is 0. The number of unbranched alkanes of at least 4 members (excludes halogenated alkanes) is 38. The van der Waals surface area contributed by atoms with Crippen LogP contribution in [-0.2, 0) is 19.1 Å². The van der Waals surface area contributed by atoms with Crippen LogP contribution in [0.2, 0.25) is 0 Å². The molecule has 0 aromatic rings. The first-order chi connectivity index (χ1) is 38.6. The lowest BCUT2D eigenvalue weighted by atomic mass is 10.0. The van der Waals surface area contributed by atoms with Crippen molar-refractivity contribution < 1.29 is 24.2 Å². The molecular formula is C73H128O5. The van der Waals surface area contributed by atoms with Gasteiger partial charge in [-0.05, 0) is 77.0 Å². The summed E-state index contributed by atoms with van der Waals surface area (Å²) in [4.78, 5) is 24.6. The Morgan fingerprint density at radius 3 is 0.833 bits per heavy atom. The van der Waals surface area contributed by atoms with E-state index in [0.717, 1.165) is 89.9 Å². The van der Waals surface area contributed by atoms with Crippen LogP contribution in [0.4, 0.5) is 0 Å². The molecule has 0 aromatic heterocycles. The molecule has 0 saturated heterocycles. The average Bonchev–Trinajstić information content (AvgIpc) is 3.44. The van der Waals surface area contributed by atoms with Gasteiger partial charge in [-0.25, -0.2) is 0 Å². The molecule has 0 saturated carbocycles. The Balaban J connectivity index is 3.47. The van der Waals surface area contributed by atoms with Crippen LogP contribution in [0.3, 0.4) is 0 Å². The summed E-state index contributed by atoms with van der Waals surface area (Å²) in [6.45, 7) is 4.07. The summed E-state index contributed by atoms with van der Waals surface area (Å²) in [5.74, 6) is -0.577. The van der Waals surface area contributed by atoms with Crippen molar-refractivity contribution in [3.63, 3.8) is 0 Å². The maximum absolute atomic E-state index is 12.4. The first kappa shape index (κ1) is 74.8. The molecule has 0 spiro atoms. The highest BCUT2D eigenvalue weighted by molar-refractivity contribution is 5.70. The Bertz CT molecular complexity index is 1460. The zero-order chi connectivity index (χ0) is 56.2. The van der Waals surface area contributed by atoms with Crippen LogP contribution in [0.1, 0.15) is 335 Å². The van der Waals surface area contributed by atoms with Crippen LogP contribution in [0, 0.1) is 0 Å². The Morgan fingerprint density at radius 2 is 0.551 bits per heavy atom. The lowest BCUT2D eigenvalue weighted by molar-refractivity contribution is -0.161. The first-order valence-corrected chi connectivity index (χ1v) is 33.8. The molecule has 5 nitrogen and oxygen atoms in total. The van der Waals surface area contributed by atoms with Crippen molar-refractivity contribution in [1.82, 2.24) is 0 Å². The van der Waals surface area contributed by atoms with E-state index in [2.05, 4.69) is 111 Å². The highest BCUT2D eigenvalue weighted by Gasteiger charge is 2.16. The van der Waals surface area contributed by atoms with Gasteiger partial charge in [0.25, 0.3) is 0 Å². The molecule has 1 unspecified atom stereocenters. The van der Waals surface area contributed by atoms with Crippen molar-refractivity contribution in [3.05, 3.63) is 97.2 Å². The molecule has 78 heavy (non-hydrogen) atoms. The van der Waals surface area contributed by atoms with E-state index in [-0.39, 0.29) is 25.2 Å². The molecular weight excluding hydrogens is 957 g/mol. The largest absolute Gasteiger partial charge is 0.462 e. The minimum Gasteiger partial charge on any atom is -0.462 e. The topological polar surface area (TPSA) is 72.8 Å². The Hall–Kier alpha value is -3.18. The fraction of sp³-hybridized carbons (Fsp3) is 0.753. The number of aliphatic hydroxyl groups excluding tert-OH is 1. The van der Waals surface area contributed by atoms with Gasteiger partial charge in [0.1, 0.15) is 6.61 Å². The van der Waals surface area contributed by atoms with Crippen molar-refractivity contribution in [1.29, 1.82) is 0 Å². The summed E-state index contributed by atoms with van der Waals surface area (Å²) in [5, 5.41) is 9.69. The number of hydrogen-bond donors (Lipinski definition) is 1. The molecule has 0 aliphatic carbocycles. The normalized spacial score (nSPS) is 12.8. The van der Waals surface area contributed by atoms with E-state index >= 15 is 0 Å². The van der Waals surface area contributed by atoms with E-state index in [9.17, 15) is 14.7 Å². The number of allylic oxidation sites excluding steroid dienone is 16. The second-order valence-electron chi connectivity index (χ2n) is 22.5. The van der Waals surface area contributed by atoms with Crippen LogP contribution in [0.25, 0.3) is 0 Å². The Kier molecular flexibility index (Phi) is 65.3. The molecule has 5 heteroatoms. The van der Waals surface area contributed by atoms with Gasteiger partial charge < -0.3 is 14.6 Å². The molecule has 1 N–H and O–H groups in total. The molecule has 0 amide bonds. The highest BCUT2D eigenvalue weighted by atomic mass is 16.6. The van der Waals surface area contributed by atoms with Crippen molar-refractivity contribution in [2.45, 2.75) is 341 Å². The lowest BCUT2D eigenvalue weighted by Crippen LogP contribution is -2.28. The van der Waals surface area contributed by atoms with Crippen LogP contribution in [-0.4, -0.2) is 36.4 Å². The van der Waals surface area contributed by atoms with Gasteiger partial charge in [0.15, 0.2) is 6.10 Å². The Morgan fingerprint density at radius 1 is 0.308 bits per heavy atom. The van der Waals surface area contributed by atoms with Crippen LogP contribution in [0.15, 0.2) is 97.2 Å². The molecule has 0 bridgehead atoms. The van der Waals surface area contributed by atoms with Gasteiger partial charge in [-0.3, -0.25) is 9.59 Å². The summed E-state index contributed by atoms with van der Waals surface area (Å²) >= 11 is 0. The second-order valence-corrected chi connectivity index (χ2v) is 22.5. The zero-order valence-electron chi connectivity index (χ0n) is 51.7. The third-order valence-corrected chi connectivity index (χ3v) is 14.9. The fourth-order valence-corrected chi connectivity index (χ4v) is 9.87. The van der Waals surface area contributed by atoms with E-state index in [1.54, 1.807) is 0 Å². The molecule has 1 atom stereocenters. The van der Waals surface area contributed by atoms with Gasteiger partial charge in [0.05, 0.1) is 6.61 Å². The summed E-state index contributed by atoms with van der Waals surface area (Å²) in [6, 6.07) is 0. The summed E-state index contributed by atoms with van der Waals surface area (Å²) < 4.78 is 10.8. The number of esters is 2. The maximum Gasteiger partial charge on any atom is 0.306 e. The molecule has 450 valence electrons. The number of carbonyl (C=O) groups excluding carboxylic acids is 2. The van der Waals surface area contributed by atoms with Gasteiger partial charge in [-0.15, -0.1) is 0 Å². The fourth-order valence-electron chi connectivity index (χ4n) is 9.87. The lowest BCUT2D eigenvalue weighted by Gasteiger charge is -2.15. The molecule has 0 fully saturated rings. The quantitative estimate of drug-likeness (QED) is 0.0373. The van der Waals surface area contributed by atoms with E-state index in [1.165, 1.54) is 218 Å². The minimum absolute atomic E-state index is 0.0644. The Labute approximate surface area is 485 Å². The smallest absolute Gasteiger partial charge is 0.306 e. The molecule has 0 heterocycles. The van der Waals surface area contributed by atoms with Gasteiger partial charge in [-0.1, -0.05) is 342 Å². The number of aliphatic hydroxyl groups is 1. The van der Waals surface area contributed by atoms with E-state index in [4.69, 9.17) is 9.47 Å². The summed E-state index contributed by atoms with van der Waals surface area (Å²) in [5.41, 5.74) is 0. The molecule has 0 aliphatic heterocycles. The van der Waals surface area contributed by atoms with E-state index < -0.39 is 6.10 Å². The standard InChI is InChI=1S/C73H128O5/c1-3-5-7-9-11-13-15-17-19-21-23-25-27-29-30-31-32-33-34-35-36-37-38-39-40-41-42-44-46-48-50-52-54-56-58-60-62-64-66-68-73(76)78-71(69-74)70-77-72(75)67-65-63-61-59-57-55-53-51-49-47-45-43-28-26-24-22-20-18-16-14-12-10-8-6-4-2/h5,7,11,13,17,19,23,25,29-30,32-33,35-36,38-39,71,74H,3-4,6,8-10,12,14-16,18,20-22,24,26-28,31,34,37,40-70H2,1-2H3/b7-5-,13-11-,19-17-,25-23-,30-29-,33-32-,36-35-,39-38-. The van der Waals surface area contributed by atoms with E-state index in [0.29, 0.717) is 12.8 Å². The van der Waals surface area contributed by atoms with Gasteiger partial charge in [-0.2, -0.15) is 0 Å². The molecule has 0 aromatic carbocycles. The van der Waals surface area contributed by atoms with Gasteiger partial charge in [0, 0.05) is 12.8 Å². The predicted octanol–water partition coefficient (Wildman–Crippen LogP) is 23.4. The van der Waals surface area contributed by atoms with Crippen LogP contribution >= 0.6 is 0 Å². The number of carbonyl (C=O) groups is 2. The number of rotatable bonds is 62. The van der Waals surface area contributed by atoms with E-state index in [1.807, 2.05) is 0 Å². The SMILES string of the molecule is CC/C=C\C/C=C\C/C=C\C/C=C\C/C=C\C/C=C\C/C=C\C/C=C\CCCCCCCCCCCCCCCCC(=O)OC(CO)COC(=O)CCCCCCCCCCCCCCCCCCCCCCCCCCC.